The molecule has 0 aromatic rings. The second-order valence-electron chi connectivity index (χ2n) is 4.97. The molecule has 1 saturated heterocycles. The summed E-state index contributed by atoms with van der Waals surface area (Å²) in [5.41, 5.74) is 0. The number of carbonyl (C=O) groups excluding carboxylic acids is 2. The minimum atomic E-state index is -3.36. The van der Waals surface area contributed by atoms with Gasteiger partial charge < -0.3 is 9.64 Å². The van der Waals surface area contributed by atoms with Gasteiger partial charge in [0.05, 0.1) is 13.4 Å². The zero-order valence-corrected chi connectivity index (χ0v) is 13.0. The standard InChI is InChI=1S/C12H22N2O5S/c1-13(8-5-7-11(15)19-2)12(16)10-6-4-9-14(10)20(3,17)18/h10H,4-9H2,1-3H3. The first-order valence-corrected chi connectivity index (χ1v) is 8.41. The van der Waals surface area contributed by atoms with Crippen LogP contribution >= 0.6 is 0 Å². The number of hydrogen-bond donors (Lipinski definition) is 0. The molecule has 0 spiro atoms. The summed E-state index contributed by atoms with van der Waals surface area (Å²) in [6.45, 7) is 0.799. The van der Waals surface area contributed by atoms with E-state index in [4.69, 9.17) is 0 Å². The van der Waals surface area contributed by atoms with Gasteiger partial charge in [0, 0.05) is 26.6 Å². The number of methoxy groups -OCH3 is 1. The molecular weight excluding hydrogens is 284 g/mol. The molecule has 1 rings (SSSR count). The predicted octanol–water partition coefficient (Wildman–Crippen LogP) is -0.178. The lowest BCUT2D eigenvalue weighted by atomic mass is 10.2. The third kappa shape index (κ3) is 4.45. The number of hydrogen-bond acceptors (Lipinski definition) is 5. The van der Waals surface area contributed by atoms with Gasteiger partial charge in [-0.3, -0.25) is 9.59 Å². The number of nitrogens with zero attached hydrogens (tertiary/aromatic N) is 2. The van der Waals surface area contributed by atoms with Gasteiger partial charge in [0.25, 0.3) is 0 Å². The summed E-state index contributed by atoms with van der Waals surface area (Å²) in [4.78, 5) is 24.7. The normalized spacial score (nSPS) is 19.9. The molecule has 0 bridgehead atoms. The summed E-state index contributed by atoms with van der Waals surface area (Å²) in [5.74, 6) is -0.526. The second kappa shape index (κ2) is 7.03. The molecule has 8 heteroatoms. The molecule has 20 heavy (non-hydrogen) atoms. The first kappa shape index (κ1) is 16.9. The summed E-state index contributed by atoms with van der Waals surface area (Å²) < 4.78 is 29.0. The summed E-state index contributed by atoms with van der Waals surface area (Å²) in [6, 6.07) is -0.604. The van der Waals surface area contributed by atoms with Gasteiger partial charge in [-0.15, -0.1) is 0 Å². The summed E-state index contributed by atoms with van der Waals surface area (Å²) in [6.07, 6.45) is 3.11. The number of ether oxygens (including phenoxy) is 1. The van der Waals surface area contributed by atoms with E-state index in [1.54, 1.807) is 7.05 Å². The van der Waals surface area contributed by atoms with Crippen molar-refractivity contribution >= 4 is 21.9 Å². The highest BCUT2D eigenvalue weighted by atomic mass is 32.2. The number of likely N-dealkylation sites (N-methyl/N-ethyl adjacent to an activating group) is 1. The van der Waals surface area contributed by atoms with Crippen molar-refractivity contribution in [1.29, 1.82) is 0 Å². The van der Waals surface area contributed by atoms with E-state index in [-0.39, 0.29) is 18.3 Å². The molecule has 0 aromatic heterocycles. The Morgan fingerprint density at radius 2 is 2.05 bits per heavy atom. The summed E-state index contributed by atoms with van der Waals surface area (Å²) >= 11 is 0. The molecule has 1 aliphatic rings. The minimum Gasteiger partial charge on any atom is -0.469 e. The molecule has 116 valence electrons. The maximum atomic E-state index is 12.3. The molecule has 1 fully saturated rings. The molecule has 1 amide bonds. The lowest BCUT2D eigenvalue weighted by Gasteiger charge is -2.26. The van der Waals surface area contributed by atoms with Gasteiger partial charge in [-0.25, -0.2) is 8.42 Å². The topological polar surface area (TPSA) is 84.0 Å². The Bertz CT molecular complexity index is 462. The first-order valence-electron chi connectivity index (χ1n) is 6.56. The number of rotatable bonds is 6. The van der Waals surface area contributed by atoms with Crippen LogP contribution in [0.4, 0.5) is 0 Å². The van der Waals surface area contributed by atoms with Gasteiger partial charge in [0.2, 0.25) is 15.9 Å². The molecule has 1 unspecified atom stereocenters. The lowest BCUT2D eigenvalue weighted by molar-refractivity contribution is -0.141. The van der Waals surface area contributed by atoms with Gasteiger partial charge in [-0.05, 0) is 19.3 Å². The first-order chi connectivity index (χ1) is 9.27. The monoisotopic (exact) mass is 306 g/mol. The van der Waals surface area contributed by atoms with Gasteiger partial charge in [-0.1, -0.05) is 0 Å². The van der Waals surface area contributed by atoms with Crippen LogP contribution in [0.1, 0.15) is 25.7 Å². The van der Waals surface area contributed by atoms with E-state index >= 15 is 0 Å². The zero-order valence-electron chi connectivity index (χ0n) is 12.2. The van der Waals surface area contributed by atoms with Gasteiger partial charge in [-0.2, -0.15) is 4.31 Å². The van der Waals surface area contributed by atoms with Gasteiger partial charge in [0.15, 0.2) is 0 Å². The summed E-state index contributed by atoms with van der Waals surface area (Å²) in [5, 5.41) is 0. The van der Waals surface area contributed by atoms with Crippen LogP contribution in [0, 0.1) is 0 Å². The van der Waals surface area contributed by atoms with E-state index < -0.39 is 16.1 Å². The van der Waals surface area contributed by atoms with Crippen LogP contribution in [0.3, 0.4) is 0 Å². The van der Waals surface area contributed by atoms with Crippen LogP contribution in [-0.2, 0) is 24.3 Å². The van der Waals surface area contributed by atoms with Crippen LogP contribution in [-0.4, -0.2) is 69.0 Å². The van der Waals surface area contributed by atoms with Crippen molar-refractivity contribution in [3.8, 4) is 0 Å². The highest BCUT2D eigenvalue weighted by molar-refractivity contribution is 7.88. The third-order valence-corrected chi connectivity index (χ3v) is 4.68. The Hall–Kier alpha value is -1.15. The molecule has 0 aromatic carbocycles. The number of carbonyl (C=O) groups is 2. The van der Waals surface area contributed by atoms with Crippen LogP contribution in [0.25, 0.3) is 0 Å². The Kier molecular flexibility index (Phi) is 5.94. The molecular formula is C12H22N2O5S. The van der Waals surface area contributed by atoms with Gasteiger partial charge in [0.1, 0.15) is 6.04 Å². The highest BCUT2D eigenvalue weighted by Gasteiger charge is 2.37. The molecule has 0 saturated carbocycles. The van der Waals surface area contributed by atoms with E-state index in [9.17, 15) is 18.0 Å². The van der Waals surface area contributed by atoms with Crippen LogP contribution in [0.2, 0.25) is 0 Å². The Labute approximate surface area is 119 Å². The molecule has 0 aliphatic carbocycles. The summed E-state index contributed by atoms with van der Waals surface area (Å²) in [7, 11) is -0.414. The van der Waals surface area contributed by atoms with Crippen molar-refractivity contribution in [2.24, 2.45) is 0 Å². The number of sulfonamides is 1. The number of esters is 1. The van der Waals surface area contributed by atoms with E-state index in [1.165, 1.54) is 16.3 Å². The van der Waals surface area contributed by atoms with Crippen LogP contribution < -0.4 is 0 Å². The minimum absolute atomic E-state index is 0.210. The van der Waals surface area contributed by atoms with E-state index in [0.29, 0.717) is 32.4 Å². The SMILES string of the molecule is COC(=O)CCCN(C)C(=O)C1CCCN1S(C)(=O)=O. The van der Waals surface area contributed by atoms with E-state index in [2.05, 4.69) is 4.74 Å². The predicted molar refractivity (Wildman–Crippen MR) is 73.5 cm³/mol. The molecule has 7 nitrogen and oxygen atoms in total. The Morgan fingerprint density at radius 3 is 2.60 bits per heavy atom. The van der Waals surface area contributed by atoms with Crippen molar-refractivity contribution in [3.63, 3.8) is 0 Å². The molecule has 1 heterocycles. The van der Waals surface area contributed by atoms with Crippen molar-refractivity contribution in [2.45, 2.75) is 31.7 Å². The van der Waals surface area contributed by atoms with Crippen molar-refractivity contribution in [2.75, 3.05) is 33.5 Å². The van der Waals surface area contributed by atoms with Crippen molar-refractivity contribution in [3.05, 3.63) is 0 Å². The Balaban J connectivity index is 2.54. The van der Waals surface area contributed by atoms with Crippen molar-refractivity contribution < 1.29 is 22.7 Å². The molecule has 1 aliphatic heterocycles. The van der Waals surface area contributed by atoms with Crippen LogP contribution in [0.15, 0.2) is 0 Å². The molecule has 1 atom stereocenters. The fourth-order valence-corrected chi connectivity index (χ4v) is 3.43. The Morgan fingerprint density at radius 1 is 1.40 bits per heavy atom. The fourth-order valence-electron chi connectivity index (χ4n) is 2.31. The smallest absolute Gasteiger partial charge is 0.305 e. The maximum absolute atomic E-state index is 12.3. The van der Waals surface area contributed by atoms with E-state index in [0.717, 1.165) is 6.26 Å². The highest BCUT2D eigenvalue weighted by Crippen LogP contribution is 2.21. The molecule has 0 N–H and O–H groups in total. The fraction of sp³-hybridized carbons (Fsp3) is 0.833. The quantitative estimate of drug-likeness (QED) is 0.636. The average molecular weight is 306 g/mol. The average Bonchev–Trinajstić information content (AvgIpc) is 2.86. The maximum Gasteiger partial charge on any atom is 0.305 e. The second-order valence-corrected chi connectivity index (χ2v) is 6.91. The number of amides is 1. The largest absolute Gasteiger partial charge is 0.469 e. The van der Waals surface area contributed by atoms with E-state index in [1.807, 2.05) is 0 Å². The van der Waals surface area contributed by atoms with Crippen molar-refractivity contribution in [1.82, 2.24) is 9.21 Å². The molecule has 0 radical (unpaired) electrons. The lowest BCUT2D eigenvalue weighted by Crippen LogP contribution is -2.46. The van der Waals surface area contributed by atoms with Crippen LogP contribution in [0.5, 0.6) is 0 Å². The zero-order chi connectivity index (χ0) is 15.3. The third-order valence-electron chi connectivity index (χ3n) is 3.39. The van der Waals surface area contributed by atoms with Gasteiger partial charge >= 0.3 is 5.97 Å².